The Labute approximate surface area is 91.2 Å². The molecule has 15 heavy (non-hydrogen) atoms. The van der Waals surface area contributed by atoms with Crippen molar-refractivity contribution in [3.05, 3.63) is 70.7 Å². The molecular formula is C14H10O. The van der Waals surface area contributed by atoms with E-state index in [-0.39, 0.29) is 17.9 Å². The SMILES string of the molecule is [2H]c1ccc2c(c1[2H])C(=O)c1ccccc1C2. The van der Waals surface area contributed by atoms with Gasteiger partial charge in [-0.05, 0) is 17.5 Å². The molecule has 1 aliphatic rings. The van der Waals surface area contributed by atoms with E-state index < -0.39 is 0 Å². The second-order valence-corrected chi connectivity index (χ2v) is 3.67. The first kappa shape index (κ1) is 6.57. The van der Waals surface area contributed by atoms with E-state index in [1.165, 1.54) is 0 Å². The highest BCUT2D eigenvalue weighted by atomic mass is 16.1. The highest BCUT2D eigenvalue weighted by Gasteiger charge is 2.21. The molecule has 0 saturated carbocycles. The maximum atomic E-state index is 12.3. The largest absolute Gasteiger partial charge is 0.289 e. The maximum absolute atomic E-state index is 12.3. The van der Waals surface area contributed by atoms with E-state index in [0.29, 0.717) is 17.5 Å². The van der Waals surface area contributed by atoms with Crippen LogP contribution in [0.5, 0.6) is 0 Å². The van der Waals surface area contributed by atoms with Gasteiger partial charge in [0.2, 0.25) is 0 Å². The minimum absolute atomic E-state index is 0.0435. The van der Waals surface area contributed by atoms with E-state index >= 15 is 0 Å². The lowest BCUT2D eigenvalue weighted by Crippen LogP contribution is -2.14. The van der Waals surface area contributed by atoms with Crippen LogP contribution in [0.1, 0.15) is 29.8 Å². The van der Waals surface area contributed by atoms with Crippen molar-refractivity contribution in [3.8, 4) is 0 Å². The molecule has 72 valence electrons. The minimum Gasteiger partial charge on any atom is -0.289 e. The van der Waals surface area contributed by atoms with Crippen LogP contribution in [0.3, 0.4) is 0 Å². The molecule has 3 rings (SSSR count). The summed E-state index contributed by atoms with van der Waals surface area (Å²) in [6.45, 7) is 0. The van der Waals surface area contributed by atoms with E-state index in [1.807, 2.05) is 18.2 Å². The Morgan fingerprint density at radius 2 is 1.73 bits per heavy atom. The quantitative estimate of drug-likeness (QED) is 0.540. The second kappa shape index (κ2) is 3.06. The Balaban J connectivity index is 2.28. The van der Waals surface area contributed by atoms with Gasteiger partial charge in [-0.2, -0.15) is 0 Å². The monoisotopic (exact) mass is 196 g/mol. The van der Waals surface area contributed by atoms with Crippen LogP contribution in [-0.2, 0) is 6.42 Å². The van der Waals surface area contributed by atoms with Crippen molar-refractivity contribution in [2.24, 2.45) is 0 Å². The van der Waals surface area contributed by atoms with Gasteiger partial charge in [-0.25, -0.2) is 0 Å². The van der Waals surface area contributed by atoms with Gasteiger partial charge in [-0.3, -0.25) is 4.79 Å². The van der Waals surface area contributed by atoms with Gasteiger partial charge in [0.15, 0.2) is 5.78 Å². The summed E-state index contributed by atoms with van der Waals surface area (Å²) in [4.78, 5) is 12.3. The number of carbonyl (C=O) groups is 1. The van der Waals surface area contributed by atoms with E-state index in [1.54, 1.807) is 18.2 Å². The number of carbonyl (C=O) groups excluding carboxylic acids is 1. The van der Waals surface area contributed by atoms with Crippen LogP contribution in [0, 0.1) is 0 Å². The lowest BCUT2D eigenvalue weighted by Gasteiger charge is -2.17. The summed E-state index contributed by atoms with van der Waals surface area (Å²) in [5, 5.41) is 0. The molecule has 0 aromatic heterocycles. The van der Waals surface area contributed by atoms with Gasteiger partial charge in [0.25, 0.3) is 0 Å². The van der Waals surface area contributed by atoms with Gasteiger partial charge >= 0.3 is 0 Å². The third-order valence-corrected chi connectivity index (χ3v) is 2.76. The van der Waals surface area contributed by atoms with Gasteiger partial charge in [-0.1, -0.05) is 48.5 Å². The van der Waals surface area contributed by atoms with Crippen LogP contribution in [-0.4, -0.2) is 5.78 Å². The third kappa shape index (κ3) is 1.20. The second-order valence-electron chi connectivity index (χ2n) is 3.67. The van der Waals surface area contributed by atoms with Gasteiger partial charge in [0, 0.05) is 11.1 Å². The summed E-state index contributed by atoms with van der Waals surface area (Å²) in [6.07, 6.45) is 0.670. The summed E-state index contributed by atoms with van der Waals surface area (Å²) in [7, 11) is 0. The number of hydrogen-bond acceptors (Lipinski definition) is 1. The number of hydrogen-bond donors (Lipinski definition) is 0. The van der Waals surface area contributed by atoms with E-state index in [4.69, 9.17) is 2.74 Å². The summed E-state index contributed by atoms with van der Waals surface area (Å²) >= 11 is 0. The lowest BCUT2D eigenvalue weighted by atomic mass is 9.85. The summed E-state index contributed by atoms with van der Waals surface area (Å²) in [5.74, 6) is -0.124. The first-order valence-electron chi connectivity index (χ1n) is 5.90. The molecule has 0 unspecified atom stereocenters. The molecule has 2 aromatic carbocycles. The smallest absolute Gasteiger partial charge is 0.193 e. The molecule has 1 nitrogen and oxygen atoms in total. The zero-order valence-corrected chi connectivity index (χ0v) is 8.08. The molecule has 0 N–H and O–H groups in total. The van der Waals surface area contributed by atoms with Gasteiger partial charge in [-0.15, -0.1) is 0 Å². The Morgan fingerprint density at radius 3 is 2.67 bits per heavy atom. The molecule has 0 saturated heterocycles. The van der Waals surface area contributed by atoms with E-state index in [9.17, 15) is 4.79 Å². The van der Waals surface area contributed by atoms with E-state index in [2.05, 4.69) is 0 Å². The number of rotatable bonds is 0. The highest BCUT2D eigenvalue weighted by Crippen LogP contribution is 2.26. The molecule has 1 heteroatoms. The maximum Gasteiger partial charge on any atom is 0.193 e. The first-order chi connectivity index (χ1) is 8.18. The van der Waals surface area contributed by atoms with Crippen molar-refractivity contribution in [2.75, 3.05) is 0 Å². The molecule has 0 spiro atoms. The normalized spacial score (nSPS) is 15.1. The zero-order valence-electron chi connectivity index (χ0n) is 10.1. The molecule has 0 bridgehead atoms. The van der Waals surface area contributed by atoms with E-state index in [0.717, 1.165) is 11.1 Å². The molecule has 0 aliphatic heterocycles. The standard InChI is InChI=1S/C14H10O/c15-14-12-7-3-1-5-10(12)9-11-6-2-4-8-13(11)14/h1-8H,9H2/i3D,7D. The van der Waals surface area contributed by atoms with Gasteiger partial charge < -0.3 is 0 Å². The molecule has 0 atom stereocenters. The Bertz CT molecular complexity index is 632. The fraction of sp³-hybridized carbons (Fsp3) is 0.0714. The average molecular weight is 196 g/mol. The molecule has 1 aliphatic carbocycles. The van der Waals surface area contributed by atoms with Gasteiger partial charge in [0.1, 0.15) is 0 Å². The third-order valence-electron chi connectivity index (χ3n) is 2.76. The fourth-order valence-electron chi connectivity index (χ4n) is 2.01. The van der Waals surface area contributed by atoms with Crippen molar-refractivity contribution < 1.29 is 7.54 Å². The van der Waals surface area contributed by atoms with Crippen LogP contribution < -0.4 is 0 Å². The molecule has 0 heterocycles. The number of benzene rings is 2. The molecule has 0 radical (unpaired) electrons. The van der Waals surface area contributed by atoms with Crippen LogP contribution >= 0.6 is 0 Å². The Hall–Kier alpha value is -1.89. The topological polar surface area (TPSA) is 17.1 Å². The average Bonchev–Trinajstić information content (AvgIpc) is 2.34. The summed E-state index contributed by atoms with van der Waals surface area (Å²) in [5.41, 5.74) is 2.92. The lowest BCUT2D eigenvalue weighted by molar-refractivity contribution is 0.103. The molecule has 2 aromatic rings. The van der Waals surface area contributed by atoms with Crippen LogP contribution in [0.4, 0.5) is 0 Å². The predicted octanol–water partition coefficient (Wildman–Crippen LogP) is 2.82. The fourth-order valence-corrected chi connectivity index (χ4v) is 2.01. The van der Waals surface area contributed by atoms with Crippen LogP contribution in [0.15, 0.2) is 48.5 Å². The summed E-state index contributed by atoms with van der Waals surface area (Å²) < 4.78 is 15.4. The van der Waals surface area contributed by atoms with Crippen molar-refractivity contribution >= 4 is 5.78 Å². The zero-order chi connectivity index (χ0) is 12.0. The molecular weight excluding hydrogens is 184 g/mol. The molecule has 0 fully saturated rings. The van der Waals surface area contributed by atoms with Crippen molar-refractivity contribution in [3.63, 3.8) is 0 Å². The predicted molar refractivity (Wildman–Crippen MR) is 59.1 cm³/mol. The summed E-state index contributed by atoms with van der Waals surface area (Å²) in [6, 6.07) is 11.0. The minimum atomic E-state index is -0.124. The van der Waals surface area contributed by atoms with Gasteiger partial charge in [0.05, 0.1) is 2.74 Å². The Kier molecular flexibility index (Phi) is 1.34. The highest BCUT2D eigenvalue weighted by molar-refractivity contribution is 6.12. The van der Waals surface area contributed by atoms with Crippen molar-refractivity contribution in [1.29, 1.82) is 0 Å². The Morgan fingerprint density at radius 1 is 1.00 bits per heavy atom. The van der Waals surface area contributed by atoms with Crippen LogP contribution in [0.25, 0.3) is 0 Å². The number of fused-ring (bicyclic) bond motifs is 2. The first-order valence-corrected chi connectivity index (χ1v) is 4.90. The molecule has 0 amide bonds. The van der Waals surface area contributed by atoms with Crippen LogP contribution in [0.2, 0.25) is 0 Å². The number of ketones is 1. The van der Waals surface area contributed by atoms with Crippen molar-refractivity contribution in [1.82, 2.24) is 0 Å². The van der Waals surface area contributed by atoms with Crippen molar-refractivity contribution in [2.45, 2.75) is 6.42 Å².